The number of anilines is 1. The Bertz CT molecular complexity index is 451. The molecular weight excluding hydrogens is 174 g/mol. The van der Waals surface area contributed by atoms with Gasteiger partial charge in [0.1, 0.15) is 0 Å². The van der Waals surface area contributed by atoms with Crippen LogP contribution in [0.5, 0.6) is 0 Å². The van der Waals surface area contributed by atoms with Crippen LogP contribution in [0.4, 0.5) is 5.69 Å². The number of nitrogens with two attached hydrogens (primary N) is 2. The van der Waals surface area contributed by atoms with Gasteiger partial charge < -0.3 is 11.5 Å². The fourth-order valence-electron chi connectivity index (χ4n) is 1.60. The van der Waals surface area contributed by atoms with Crippen molar-refractivity contribution in [3.8, 4) is 0 Å². The summed E-state index contributed by atoms with van der Waals surface area (Å²) in [4.78, 5) is 4.32. The molecule has 2 aromatic rings. The van der Waals surface area contributed by atoms with Crippen LogP contribution in [-0.4, -0.2) is 11.5 Å². The van der Waals surface area contributed by atoms with E-state index < -0.39 is 0 Å². The summed E-state index contributed by atoms with van der Waals surface area (Å²) < 4.78 is 0. The van der Waals surface area contributed by atoms with Gasteiger partial charge in [-0.3, -0.25) is 4.98 Å². The van der Waals surface area contributed by atoms with Crippen LogP contribution in [-0.2, 0) is 6.42 Å². The highest BCUT2D eigenvalue weighted by Gasteiger charge is 2.01. The van der Waals surface area contributed by atoms with Crippen molar-refractivity contribution in [2.75, 3.05) is 12.3 Å². The number of aromatic nitrogens is 1. The molecule has 0 spiro atoms. The van der Waals surface area contributed by atoms with Crippen molar-refractivity contribution in [3.63, 3.8) is 0 Å². The van der Waals surface area contributed by atoms with E-state index in [4.69, 9.17) is 11.5 Å². The van der Waals surface area contributed by atoms with Crippen LogP contribution in [0.3, 0.4) is 0 Å². The quantitative estimate of drug-likeness (QED) is 0.745. The molecule has 1 heterocycles. The fourth-order valence-corrected chi connectivity index (χ4v) is 1.60. The first-order valence-electron chi connectivity index (χ1n) is 4.64. The second kappa shape index (κ2) is 3.64. The Balaban J connectivity index is 2.62. The van der Waals surface area contributed by atoms with Gasteiger partial charge >= 0.3 is 0 Å². The number of hydrogen-bond acceptors (Lipinski definition) is 3. The summed E-state index contributed by atoms with van der Waals surface area (Å²) in [7, 11) is 0. The van der Waals surface area contributed by atoms with E-state index in [0.717, 1.165) is 17.3 Å². The summed E-state index contributed by atoms with van der Waals surface area (Å²) in [5.41, 5.74) is 14.1. The number of nitrogens with zero attached hydrogens (tertiary/aromatic N) is 1. The lowest BCUT2D eigenvalue weighted by atomic mass is 10.1. The number of hydrogen-bond donors (Lipinski definition) is 2. The lowest BCUT2D eigenvalue weighted by Crippen LogP contribution is -2.03. The normalized spacial score (nSPS) is 10.6. The molecule has 0 saturated carbocycles. The van der Waals surface area contributed by atoms with Gasteiger partial charge in [-0.1, -0.05) is 18.2 Å². The van der Waals surface area contributed by atoms with Crippen LogP contribution < -0.4 is 11.5 Å². The highest BCUT2D eigenvalue weighted by atomic mass is 14.7. The Morgan fingerprint density at radius 1 is 1.29 bits per heavy atom. The largest absolute Gasteiger partial charge is 0.397 e. The van der Waals surface area contributed by atoms with Gasteiger partial charge in [0, 0.05) is 5.39 Å². The molecule has 0 aliphatic carbocycles. The molecule has 3 heteroatoms. The maximum absolute atomic E-state index is 5.66. The summed E-state index contributed by atoms with van der Waals surface area (Å²) in [6.45, 7) is 0.644. The van der Waals surface area contributed by atoms with Gasteiger partial charge in [0.05, 0.1) is 17.4 Å². The van der Waals surface area contributed by atoms with Gasteiger partial charge in [0.2, 0.25) is 0 Å². The minimum atomic E-state index is 0.644. The van der Waals surface area contributed by atoms with Gasteiger partial charge in [0.25, 0.3) is 0 Å². The molecule has 0 radical (unpaired) electrons. The summed E-state index contributed by atoms with van der Waals surface area (Å²) in [5, 5.41) is 1.08. The van der Waals surface area contributed by atoms with Crippen molar-refractivity contribution in [1.82, 2.24) is 4.98 Å². The molecular formula is C11H13N3. The van der Waals surface area contributed by atoms with E-state index in [1.165, 1.54) is 5.56 Å². The smallest absolute Gasteiger partial charge is 0.0736 e. The van der Waals surface area contributed by atoms with Crippen LogP contribution in [0.2, 0.25) is 0 Å². The van der Waals surface area contributed by atoms with Crippen molar-refractivity contribution in [2.45, 2.75) is 6.42 Å². The third kappa shape index (κ3) is 1.54. The number of para-hydroxylation sites is 1. The lowest BCUT2D eigenvalue weighted by Gasteiger charge is -2.04. The van der Waals surface area contributed by atoms with Crippen LogP contribution in [0.25, 0.3) is 10.9 Å². The maximum Gasteiger partial charge on any atom is 0.0736 e. The van der Waals surface area contributed by atoms with Crippen LogP contribution >= 0.6 is 0 Å². The number of fused-ring (bicyclic) bond motifs is 1. The molecule has 0 atom stereocenters. The van der Waals surface area contributed by atoms with Gasteiger partial charge in [0.15, 0.2) is 0 Å². The van der Waals surface area contributed by atoms with Crippen molar-refractivity contribution < 1.29 is 0 Å². The lowest BCUT2D eigenvalue weighted by molar-refractivity contribution is 0.973. The number of rotatable bonds is 2. The topological polar surface area (TPSA) is 64.9 Å². The molecule has 0 fully saturated rings. The summed E-state index contributed by atoms with van der Waals surface area (Å²) in [6.07, 6.45) is 2.54. The highest BCUT2D eigenvalue weighted by molar-refractivity contribution is 5.84. The molecule has 4 N–H and O–H groups in total. The number of benzene rings is 1. The standard InChI is InChI=1S/C11H13N3/c12-5-4-8-2-1-3-9-6-10(13)7-14-11(8)9/h1-3,6-7H,4-5,12-13H2. The summed E-state index contributed by atoms with van der Waals surface area (Å²) >= 11 is 0. The van der Waals surface area contributed by atoms with E-state index in [9.17, 15) is 0 Å². The molecule has 0 amide bonds. The Labute approximate surface area is 82.7 Å². The predicted molar refractivity (Wildman–Crippen MR) is 58.9 cm³/mol. The molecule has 3 nitrogen and oxygen atoms in total. The van der Waals surface area contributed by atoms with E-state index in [2.05, 4.69) is 11.1 Å². The molecule has 2 rings (SSSR count). The zero-order valence-corrected chi connectivity index (χ0v) is 7.90. The third-order valence-electron chi connectivity index (χ3n) is 2.23. The van der Waals surface area contributed by atoms with Crippen LogP contribution in [0.1, 0.15) is 5.56 Å². The van der Waals surface area contributed by atoms with Crippen molar-refractivity contribution in [1.29, 1.82) is 0 Å². The molecule has 0 unspecified atom stereocenters. The molecule has 72 valence electrons. The Morgan fingerprint density at radius 2 is 2.14 bits per heavy atom. The second-order valence-electron chi connectivity index (χ2n) is 3.30. The van der Waals surface area contributed by atoms with E-state index in [1.807, 2.05) is 18.2 Å². The third-order valence-corrected chi connectivity index (χ3v) is 2.23. The molecule has 1 aromatic carbocycles. The first-order valence-corrected chi connectivity index (χ1v) is 4.64. The predicted octanol–water partition coefficient (Wildman–Crippen LogP) is 1.32. The fraction of sp³-hybridized carbons (Fsp3) is 0.182. The van der Waals surface area contributed by atoms with Gasteiger partial charge in [-0.25, -0.2) is 0 Å². The van der Waals surface area contributed by atoms with Crippen molar-refractivity contribution in [3.05, 3.63) is 36.0 Å². The van der Waals surface area contributed by atoms with Crippen molar-refractivity contribution >= 4 is 16.6 Å². The van der Waals surface area contributed by atoms with Crippen LogP contribution in [0.15, 0.2) is 30.5 Å². The zero-order valence-electron chi connectivity index (χ0n) is 7.90. The van der Waals surface area contributed by atoms with Crippen molar-refractivity contribution in [2.24, 2.45) is 5.73 Å². The Kier molecular flexibility index (Phi) is 2.33. The van der Waals surface area contributed by atoms with E-state index >= 15 is 0 Å². The van der Waals surface area contributed by atoms with E-state index in [-0.39, 0.29) is 0 Å². The molecule has 0 saturated heterocycles. The average molecular weight is 187 g/mol. The molecule has 0 aliphatic heterocycles. The monoisotopic (exact) mass is 187 g/mol. The first kappa shape index (κ1) is 8.97. The Hall–Kier alpha value is -1.61. The minimum absolute atomic E-state index is 0.644. The van der Waals surface area contributed by atoms with Crippen LogP contribution in [0, 0.1) is 0 Å². The molecule has 0 bridgehead atoms. The summed E-state index contributed by atoms with van der Waals surface area (Å²) in [5.74, 6) is 0. The SMILES string of the molecule is NCCc1cccc2cc(N)cnc12. The average Bonchev–Trinajstić information content (AvgIpc) is 2.18. The van der Waals surface area contributed by atoms with E-state index in [1.54, 1.807) is 6.20 Å². The number of pyridine rings is 1. The van der Waals surface area contributed by atoms with Gasteiger partial charge in [-0.15, -0.1) is 0 Å². The maximum atomic E-state index is 5.66. The van der Waals surface area contributed by atoms with Gasteiger partial charge in [-0.2, -0.15) is 0 Å². The molecule has 1 aromatic heterocycles. The minimum Gasteiger partial charge on any atom is -0.397 e. The number of nitrogen functional groups attached to an aromatic ring is 1. The Morgan fingerprint density at radius 3 is 2.93 bits per heavy atom. The van der Waals surface area contributed by atoms with E-state index in [0.29, 0.717) is 12.2 Å². The second-order valence-corrected chi connectivity index (χ2v) is 3.30. The zero-order chi connectivity index (χ0) is 9.97. The first-order chi connectivity index (χ1) is 6.81. The summed E-state index contributed by atoms with van der Waals surface area (Å²) in [6, 6.07) is 8.01. The molecule has 0 aliphatic rings. The highest BCUT2D eigenvalue weighted by Crippen LogP contribution is 2.18. The van der Waals surface area contributed by atoms with Gasteiger partial charge in [-0.05, 0) is 24.6 Å². The molecule has 14 heavy (non-hydrogen) atoms.